The first-order valence-corrected chi connectivity index (χ1v) is 33.1. The molecule has 0 radical (unpaired) electrons. The lowest BCUT2D eigenvalue weighted by atomic mass is 10.2. The molecule has 0 fully saturated rings. The number of rotatable bonds is 0. The molecule has 0 saturated heterocycles. The highest BCUT2D eigenvalue weighted by Crippen LogP contribution is 2.35. The highest BCUT2D eigenvalue weighted by Gasteiger charge is 2.18. The van der Waals surface area contributed by atoms with Crippen molar-refractivity contribution in [3.8, 4) is 0 Å². The fraction of sp³-hybridized carbons (Fsp3) is 0.167. The average molecular weight is 1300 g/mol. The number of oxazole rings is 1. The van der Waals surface area contributed by atoms with Gasteiger partial charge in [-0.2, -0.15) is 0 Å². The Morgan fingerprint density at radius 3 is 1.21 bits per heavy atom. The molecule has 490 valence electrons. The maximum atomic E-state index is 5.77. The van der Waals surface area contributed by atoms with Gasteiger partial charge in [-0.25, -0.2) is 0 Å². The number of hydrogen-bond acceptors (Lipinski definition) is 7. The fourth-order valence-electron chi connectivity index (χ4n) is 13.4. The van der Waals surface area contributed by atoms with Crippen LogP contribution in [0.4, 0.5) is 0 Å². The minimum absolute atomic E-state index is 0.950. The average Bonchev–Trinajstić information content (AvgIpc) is 1.69. The van der Waals surface area contributed by atoms with Crippen molar-refractivity contribution in [3.05, 3.63) is 293 Å². The van der Waals surface area contributed by atoms with Crippen molar-refractivity contribution < 1.29 is 30.9 Å². The van der Waals surface area contributed by atoms with E-state index in [9.17, 15) is 0 Å². The van der Waals surface area contributed by atoms with E-state index in [0.29, 0.717) is 0 Å². The van der Waals surface area contributed by atoms with Gasteiger partial charge in [0, 0.05) is 128 Å². The summed E-state index contributed by atoms with van der Waals surface area (Å²) in [5.74, 6) is 6.06. The minimum Gasteiger partial charge on any atom is -0.459 e. The van der Waals surface area contributed by atoms with Crippen molar-refractivity contribution in [1.29, 1.82) is 0 Å². The fourth-order valence-corrected chi connectivity index (χ4v) is 13.4. The van der Waals surface area contributed by atoms with E-state index in [1.54, 1.807) is 0 Å². The van der Waals surface area contributed by atoms with Gasteiger partial charge in [0.05, 0.1) is 33.8 Å². The molecule has 0 N–H and O–H groups in total. The van der Waals surface area contributed by atoms with Crippen molar-refractivity contribution in [2.24, 2.45) is 0 Å². The zero-order valence-electron chi connectivity index (χ0n) is 57.7. The molecule has 0 aliphatic carbocycles. The number of para-hydroxylation sites is 2. The second-order valence-corrected chi connectivity index (χ2v) is 25.5. The SMILES string of the molecule is Cc1cn2c(oc3ccccc32)c1C.Cc1oc2c(cc3ccccn32)c1C.Cc1oc2c(cc3ccccn32)c1C.Cc1oc2c(cn3ccccc23)c1C.Cc1oc2cc3ccccn3c2c1C.Cc1oc2cc3ccccn3c2c1C.Cc1oc2cn3ccccc3c2c1C. The summed E-state index contributed by atoms with van der Waals surface area (Å²) in [6.07, 6.45) is 18.6. The number of pyridine rings is 6. The van der Waals surface area contributed by atoms with Crippen molar-refractivity contribution in [2.75, 3.05) is 0 Å². The van der Waals surface area contributed by atoms with Crippen LogP contribution >= 0.6 is 0 Å². The van der Waals surface area contributed by atoms with E-state index < -0.39 is 0 Å². The Morgan fingerprint density at radius 1 is 0.255 bits per heavy atom. The molecule has 1 aromatic carbocycles. The van der Waals surface area contributed by atoms with Crippen molar-refractivity contribution in [2.45, 2.75) is 96.9 Å². The second kappa shape index (κ2) is 24.7. The van der Waals surface area contributed by atoms with Crippen LogP contribution in [0.25, 0.3) is 116 Å². The van der Waals surface area contributed by atoms with Gasteiger partial charge in [-0.05, 0) is 216 Å². The number of nitrogens with zero attached hydrogens (tertiary/aromatic N) is 7. The Bertz CT molecular complexity index is 5780. The number of hydrogen-bond donors (Lipinski definition) is 0. The summed E-state index contributed by atoms with van der Waals surface area (Å²) in [6.45, 7) is 28.8. The lowest BCUT2D eigenvalue weighted by Gasteiger charge is -1.94. The molecule has 0 bridgehead atoms. The predicted molar refractivity (Wildman–Crippen MR) is 397 cm³/mol. The van der Waals surface area contributed by atoms with Gasteiger partial charge in [-0.1, -0.05) is 48.5 Å². The Hall–Kier alpha value is -11.9. The van der Waals surface area contributed by atoms with E-state index in [0.717, 1.165) is 90.7 Å². The van der Waals surface area contributed by atoms with E-state index in [2.05, 4.69) is 184 Å². The molecular weight excluding hydrogens is 1220 g/mol. The number of aromatic nitrogens is 7. The molecule has 0 atom stereocenters. The quantitative estimate of drug-likeness (QED) is 0.148. The molecule has 14 heteroatoms. The van der Waals surface area contributed by atoms with Crippen LogP contribution in [0.1, 0.15) is 79.1 Å². The number of furan rings is 6. The molecule has 0 unspecified atom stereocenters. The molecule has 21 rings (SSSR count). The highest BCUT2D eigenvalue weighted by molar-refractivity contribution is 5.98. The molecule has 0 amide bonds. The van der Waals surface area contributed by atoms with Gasteiger partial charge in [0.1, 0.15) is 34.6 Å². The van der Waals surface area contributed by atoms with Crippen molar-refractivity contribution in [1.82, 2.24) is 30.8 Å². The third kappa shape index (κ3) is 10.7. The summed E-state index contributed by atoms with van der Waals surface area (Å²) in [4.78, 5) is 0. The lowest BCUT2D eigenvalue weighted by molar-refractivity contribution is 0.560. The minimum atomic E-state index is 0.950. The number of benzene rings is 1. The van der Waals surface area contributed by atoms with Gasteiger partial charge >= 0.3 is 0 Å². The molecule has 0 aliphatic rings. The van der Waals surface area contributed by atoms with Gasteiger partial charge in [-0.3, -0.25) is 13.2 Å². The van der Waals surface area contributed by atoms with Crippen LogP contribution in [0.5, 0.6) is 0 Å². The molecule has 0 aliphatic heterocycles. The van der Waals surface area contributed by atoms with Crippen LogP contribution in [0, 0.1) is 96.9 Å². The first kappa shape index (κ1) is 62.2. The maximum absolute atomic E-state index is 5.77. The summed E-state index contributed by atoms with van der Waals surface area (Å²) in [5, 5.41) is 4.89. The lowest BCUT2D eigenvalue weighted by Crippen LogP contribution is -1.82. The zero-order valence-corrected chi connectivity index (χ0v) is 57.7. The van der Waals surface area contributed by atoms with Crippen LogP contribution < -0.4 is 0 Å². The Balaban J connectivity index is 0.0000000933. The predicted octanol–water partition coefficient (Wildman–Crippen LogP) is 23.1. The van der Waals surface area contributed by atoms with E-state index in [1.807, 2.05) is 157 Å². The molecular formula is C84H77N7O7. The van der Waals surface area contributed by atoms with Crippen molar-refractivity contribution in [3.63, 3.8) is 0 Å². The first-order valence-electron chi connectivity index (χ1n) is 33.1. The largest absolute Gasteiger partial charge is 0.459 e. The zero-order chi connectivity index (χ0) is 67.9. The van der Waals surface area contributed by atoms with E-state index in [-0.39, 0.29) is 0 Å². The monoisotopic (exact) mass is 1300 g/mol. The van der Waals surface area contributed by atoms with Gasteiger partial charge in [0.2, 0.25) is 17.1 Å². The molecule has 21 aromatic rings. The maximum Gasteiger partial charge on any atom is 0.211 e. The van der Waals surface area contributed by atoms with Crippen LogP contribution in [-0.2, 0) is 0 Å². The Kier molecular flexibility index (Phi) is 15.7. The topological polar surface area (TPSA) is 123 Å². The number of fused-ring (bicyclic) bond motifs is 21. The Labute approximate surface area is 564 Å². The standard InChI is InChI=1S/7C12H11NO/c1-8-9(2)14-12-10(8)7-13-6-4-3-5-11(12)13;1-8-9(2)14-11-7-13-6-4-3-5-10(13)12(8)11;2*1-8-9(2)14-11-7-10-5-3-4-6-13(10)12(8)11;2*1-8-9(2)14-12-11(8)7-10-5-3-4-6-13(10)12;1-8-7-13-10-5-3-4-6-11(10)14-12(13)9(8)2/h7*3-7H,1-2H3. The summed E-state index contributed by atoms with van der Waals surface area (Å²) < 4.78 is 54.7. The molecule has 20 heterocycles. The third-order valence-electron chi connectivity index (χ3n) is 19.6. The van der Waals surface area contributed by atoms with Crippen LogP contribution in [0.2, 0.25) is 0 Å². The normalized spacial score (nSPS) is 11.6. The van der Waals surface area contributed by atoms with Gasteiger partial charge < -0.3 is 48.5 Å². The smallest absolute Gasteiger partial charge is 0.211 e. The van der Waals surface area contributed by atoms with Gasteiger partial charge in [-0.15, -0.1) is 0 Å². The van der Waals surface area contributed by atoms with Crippen LogP contribution in [0.3, 0.4) is 0 Å². The van der Waals surface area contributed by atoms with E-state index >= 15 is 0 Å². The second-order valence-electron chi connectivity index (χ2n) is 25.5. The van der Waals surface area contributed by atoms with Gasteiger partial charge in [0.25, 0.3) is 0 Å². The van der Waals surface area contributed by atoms with Crippen LogP contribution in [-0.4, -0.2) is 30.8 Å². The van der Waals surface area contributed by atoms with E-state index in [4.69, 9.17) is 30.9 Å². The summed E-state index contributed by atoms with van der Waals surface area (Å²) in [5.41, 5.74) is 28.3. The van der Waals surface area contributed by atoms with E-state index in [1.165, 1.54) is 105 Å². The first-order chi connectivity index (χ1) is 47.4. The van der Waals surface area contributed by atoms with Crippen LogP contribution in [0.15, 0.2) is 244 Å². The Morgan fingerprint density at radius 2 is 0.663 bits per heavy atom. The number of aryl methyl sites for hydroxylation is 14. The highest BCUT2D eigenvalue weighted by atomic mass is 16.4. The molecule has 0 spiro atoms. The summed E-state index contributed by atoms with van der Waals surface area (Å²) in [6, 6.07) is 53.5. The summed E-state index contributed by atoms with van der Waals surface area (Å²) >= 11 is 0. The molecule has 0 saturated carbocycles. The third-order valence-corrected chi connectivity index (χ3v) is 19.6. The molecule has 14 nitrogen and oxygen atoms in total. The molecule has 20 aromatic heterocycles. The van der Waals surface area contributed by atoms with Gasteiger partial charge in [0.15, 0.2) is 27.9 Å². The molecule has 98 heavy (non-hydrogen) atoms. The van der Waals surface area contributed by atoms with Crippen molar-refractivity contribution >= 4 is 116 Å². The summed E-state index contributed by atoms with van der Waals surface area (Å²) in [7, 11) is 0.